The monoisotopic (exact) mass is 319 g/mol. The highest BCUT2D eigenvalue weighted by atomic mass is 32.2. The molecular weight excluding hydrogens is 298 g/mol. The predicted octanol–water partition coefficient (Wildman–Crippen LogP) is 2.09. The summed E-state index contributed by atoms with van der Waals surface area (Å²) in [5, 5.41) is 2.28. The third kappa shape index (κ3) is 2.94. The van der Waals surface area contributed by atoms with Crippen LogP contribution in [0.2, 0.25) is 0 Å². The maximum absolute atomic E-state index is 11.8. The van der Waals surface area contributed by atoms with Gasteiger partial charge >= 0.3 is 0 Å². The topological polar surface area (TPSA) is 53.5 Å². The highest BCUT2D eigenvalue weighted by molar-refractivity contribution is 7.88. The van der Waals surface area contributed by atoms with Crippen molar-refractivity contribution in [1.29, 1.82) is 0 Å². The molecule has 0 aliphatic carbocycles. The molecule has 118 valence electrons. The molecule has 1 saturated heterocycles. The Morgan fingerprint density at radius 3 is 2.82 bits per heavy atom. The Morgan fingerprint density at radius 1 is 1.27 bits per heavy atom. The first kappa shape index (κ1) is 15.2. The van der Waals surface area contributed by atoms with E-state index >= 15 is 0 Å². The van der Waals surface area contributed by atoms with Gasteiger partial charge in [-0.2, -0.15) is 0 Å². The molecule has 6 heteroatoms. The quantitative estimate of drug-likeness (QED) is 0.869. The average Bonchev–Trinajstić information content (AvgIpc) is 2.53. The minimum absolute atomic E-state index is 0.00418. The lowest BCUT2D eigenvalue weighted by atomic mass is 10.0. The van der Waals surface area contributed by atoms with Crippen molar-refractivity contribution in [2.24, 2.45) is 0 Å². The molecule has 2 aromatic rings. The van der Waals surface area contributed by atoms with Crippen molar-refractivity contribution >= 4 is 26.6 Å². The second-order valence-corrected chi connectivity index (χ2v) is 7.92. The minimum Gasteiger partial charge on any atom is -0.354 e. The van der Waals surface area contributed by atoms with Crippen LogP contribution in [-0.2, 0) is 10.0 Å². The number of sulfonamides is 1. The van der Waals surface area contributed by atoms with Crippen LogP contribution in [0.15, 0.2) is 36.5 Å². The predicted molar refractivity (Wildman–Crippen MR) is 89.6 cm³/mol. The van der Waals surface area contributed by atoms with Gasteiger partial charge in [0.05, 0.1) is 6.26 Å². The third-order valence-corrected chi connectivity index (χ3v) is 5.73. The van der Waals surface area contributed by atoms with E-state index in [9.17, 15) is 8.42 Å². The SMILES string of the molecule is CN(C1CCCN(c2nccc3ccccc23)C1)S(C)(=O)=O. The van der Waals surface area contributed by atoms with E-state index in [-0.39, 0.29) is 6.04 Å². The maximum atomic E-state index is 11.8. The van der Waals surface area contributed by atoms with Gasteiger partial charge in [-0.05, 0) is 24.3 Å². The Morgan fingerprint density at radius 2 is 2.05 bits per heavy atom. The van der Waals surface area contributed by atoms with Crippen LogP contribution < -0.4 is 4.90 Å². The number of hydrogen-bond donors (Lipinski definition) is 0. The van der Waals surface area contributed by atoms with E-state index in [1.54, 1.807) is 7.05 Å². The average molecular weight is 319 g/mol. The highest BCUT2D eigenvalue weighted by Crippen LogP contribution is 2.27. The molecule has 5 nitrogen and oxygen atoms in total. The largest absolute Gasteiger partial charge is 0.354 e. The highest BCUT2D eigenvalue weighted by Gasteiger charge is 2.28. The van der Waals surface area contributed by atoms with Crippen LogP contribution >= 0.6 is 0 Å². The summed E-state index contributed by atoms with van der Waals surface area (Å²) in [6, 6.07) is 10.2. The van der Waals surface area contributed by atoms with Crippen LogP contribution in [0.3, 0.4) is 0 Å². The van der Waals surface area contributed by atoms with Crippen LogP contribution in [0, 0.1) is 0 Å². The van der Waals surface area contributed by atoms with Gasteiger partial charge in [-0.1, -0.05) is 24.3 Å². The van der Waals surface area contributed by atoms with Gasteiger partial charge in [0.2, 0.25) is 10.0 Å². The molecule has 2 heterocycles. The summed E-state index contributed by atoms with van der Waals surface area (Å²) in [6.45, 7) is 1.60. The van der Waals surface area contributed by atoms with E-state index in [1.165, 1.54) is 10.6 Å². The molecule has 1 unspecified atom stereocenters. The van der Waals surface area contributed by atoms with Gasteiger partial charge in [-0.25, -0.2) is 17.7 Å². The van der Waals surface area contributed by atoms with Crippen molar-refractivity contribution in [2.45, 2.75) is 18.9 Å². The van der Waals surface area contributed by atoms with E-state index in [1.807, 2.05) is 24.4 Å². The molecule has 0 saturated carbocycles. The van der Waals surface area contributed by atoms with Crippen LogP contribution in [0.25, 0.3) is 10.8 Å². The fourth-order valence-electron chi connectivity index (χ4n) is 3.07. The number of rotatable bonds is 3. The van der Waals surface area contributed by atoms with Crippen molar-refractivity contribution in [3.05, 3.63) is 36.5 Å². The minimum atomic E-state index is -3.16. The summed E-state index contributed by atoms with van der Waals surface area (Å²) in [5.74, 6) is 0.949. The zero-order valence-corrected chi connectivity index (χ0v) is 13.8. The van der Waals surface area contributed by atoms with Crippen LogP contribution in [0.4, 0.5) is 5.82 Å². The van der Waals surface area contributed by atoms with E-state index in [4.69, 9.17) is 0 Å². The molecule has 22 heavy (non-hydrogen) atoms. The lowest BCUT2D eigenvalue weighted by Gasteiger charge is -2.37. The molecule has 1 aromatic heterocycles. The second kappa shape index (κ2) is 5.85. The first-order valence-corrected chi connectivity index (χ1v) is 9.33. The van der Waals surface area contributed by atoms with Gasteiger partial charge in [0, 0.05) is 37.8 Å². The number of likely N-dealkylation sites (N-methyl/N-ethyl adjacent to an activating group) is 1. The summed E-state index contributed by atoms with van der Waals surface area (Å²) in [7, 11) is -1.50. The Bertz CT molecular complexity index is 771. The molecule has 0 spiro atoms. The van der Waals surface area contributed by atoms with E-state index in [0.717, 1.165) is 36.0 Å². The van der Waals surface area contributed by atoms with E-state index in [2.05, 4.69) is 22.0 Å². The Balaban J connectivity index is 1.91. The molecule has 1 atom stereocenters. The van der Waals surface area contributed by atoms with Crippen molar-refractivity contribution in [3.8, 4) is 0 Å². The molecule has 0 N–H and O–H groups in total. The summed E-state index contributed by atoms with van der Waals surface area (Å²) in [4.78, 5) is 6.75. The number of fused-ring (bicyclic) bond motifs is 1. The Kier molecular flexibility index (Phi) is 4.06. The molecule has 0 radical (unpaired) electrons. The van der Waals surface area contributed by atoms with Crippen molar-refractivity contribution in [1.82, 2.24) is 9.29 Å². The number of nitrogens with zero attached hydrogens (tertiary/aromatic N) is 3. The standard InChI is InChI=1S/C16H21N3O2S/c1-18(22(2,20)21)14-7-5-11-19(12-14)16-15-8-4-3-6-13(15)9-10-17-16/h3-4,6,8-10,14H,5,7,11-12H2,1-2H3. The molecule has 1 aromatic carbocycles. The molecule has 1 aliphatic heterocycles. The number of anilines is 1. The Labute approximate surface area is 131 Å². The molecule has 3 rings (SSSR count). The van der Waals surface area contributed by atoms with Gasteiger partial charge in [0.25, 0.3) is 0 Å². The van der Waals surface area contributed by atoms with Gasteiger partial charge in [0.15, 0.2) is 0 Å². The fourth-order valence-corrected chi connectivity index (χ4v) is 3.78. The Hall–Kier alpha value is -1.66. The second-order valence-electron chi connectivity index (χ2n) is 5.88. The van der Waals surface area contributed by atoms with Gasteiger partial charge in [0.1, 0.15) is 5.82 Å². The number of aromatic nitrogens is 1. The fraction of sp³-hybridized carbons (Fsp3) is 0.438. The third-order valence-electron chi connectivity index (χ3n) is 4.39. The zero-order valence-electron chi connectivity index (χ0n) is 12.9. The lowest BCUT2D eigenvalue weighted by Crippen LogP contribution is -2.48. The van der Waals surface area contributed by atoms with Gasteiger partial charge in [-0.15, -0.1) is 0 Å². The van der Waals surface area contributed by atoms with Crippen molar-refractivity contribution in [3.63, 3.8) is 0 Å². The summed E-state index contributed by atoms with van der Waals surface area (Å²) < 4.78 is 25.0. The van der Waals surface area contributed by atoms with Crippen LogP contribution in [0.5, 0.6) is 0 Å². The molecule has 0 bridgehead atoms. The first-order valence-electron chi connectivity index (χ1n) is 7.48. The summed E-state index contributed by atoms with van der Waals surface area (Å²) >= 11 is 0. The number of piperidine rings is 1. The summed E-state index contributed by atoms with van der Waals surface area (Å²) in [6.07, 6.45) is 4.95. The lowest BCUT2D eigenvalue weighted by molar-refractivity contribution is 0.321. The van der Waals surface area contributed by atoms with E-state index in [0.29, 0.717) is 6.54 Å². The smallest absolute Gasteiger partial charge is 0.211 e. The van der Waals surface area contributed by atoms with Crippen molar-refractivity contribution in [2.75, 3.05) is 31.3 Å². The molecule has 1 aliphatic rings. The maximum Gasteiger partial charge on any atom is 0.211 e. The zero-order chi connectivity index (χ0) is 15.7. The van der Waals surface area contributed by atoms with Crippen LogP contribution in [-0.4, -0.2) is 50.1 Å². The van der Waals surface area contributed by atoms with Gasteiger partial charge in [-0.3, -0.25) is 0 Å². The number of hydrogen-bond acceptors (Lipinski definition) is 4. The molecule has 0 amide bonds. The molecular formula is C16H21N3O2S. The number of benzene rings is 1. The molecule has 1 fully saturated rings. The normalized spacial score (nSPS) is 19.8. The number of pyridine rings is 1. The van der Waals surface area contributed by atoms with Crippen LogP contribution in [0.1, 0.15) is 12.8 Å². The first-order chi connectivity index (χ1) is 10.5. The summed E-state index contributed by atoms with van der Waals surface area (Å²) in [5.41, 5.74) is 0. The van der Waals surface area contributed by atoms with E-state index < -0.39 is 10.0 Å². The van der Waals surface area contributed by atoms with Crippen molar-refractivity contribution < 1.29 is 8.42 Å². The van der Waals surface area contributed by atoms with Gasteiger partial charge < -0.3 is 4.90 Å².